The van der Waals surface area contributed by atoms with Crippen LogP contribution in [-0.4, -0.2) is 39.5 Å². The zero-order valence-corrected chi connectivity index (χ0v) is 15.4. The number of aliphatic imine (C=N–C) groups is 1. The largest absolute Gasteiger partial charge is 0.352 e. The maximum absolute atomic E-state index is 4.53. The van der Waals surface area contributed by atoms with Crippen LogP contribution in [0, 0.1) is 6.92 Å². The van der Waals surface area contributed by atoms with E-state index in [0.717, 1.165) is 29.7 Å². The third kappa shape index (κ3) is 4.27. The maximum Gasteiger partial charge on any atom is 0.193 e. The highest BCUT2D eigenvalue weighted by Gasteiger charge is 2.07. The molecule has 134 valence electrons. The van der Waals surface area contributed by atoms with Crippen molar-refractivity contribution >= 4 is 5.96 Å². The van der Waals surface area contributed by atoms with E-state index in [-0.39, 0.29) is 0 Å². The van der Waals surface area contributed by atoms with Crippen LogP contribution in [0.1, 0.15) is 17.0 Å². The summed E-state index contributed by atoms with van der Waals surface area (Å²) in [6.45, 7) is 3.43. The van der Waals surface area contributed by atoms with E-state index in [1.807, 2.05) is 43.1 Å². The summed E-state index contributed by atoms with van der Waals surface area (Å²) < 4.78 is 1.96. The third-order valence-corrected chi connectivity index (χ3v) is 4.17. The average molecular weight is 348 g/mol. The summed E-state index contributed by atoms with van der Waals surface area (Å²) in [5.74, 6) is 2.64. The van der Waals surface area contributed by atoms with Gasteiger partial charge in [0.1, 0.15) is 11.6 Å². The normalized spacial score (nSPS) is 11.4. The molecule has 0 aliphatic carbocycles. The Hall–Kier alpha value is -3.15. The van der Waals surface area contributed by atoms with Crippen LogP contribution < -0.4 is 5.32 Å². The van der Waals surface area contributed by atoms with Gasteiger partial charge in [-0.1, -0.05) is 36.4 Å². The van der Waals surface area contributed by atoms with Crippen LogP contribution in [0.2, 0.25) is 0 Å². The van der Waals surface area contributed by atoms with E-state index < -0.39 is 0 Å². The highest BCUT2D eigenvalue weighted by molar-refractivity contribution is 5.79. The van der Waals surface area contributed by atoms with Crippen molar-refractivity contribution < 1.29 is 0 Å². The number of rotatable bonds is 5. The number of pyridine rings is 1. The van der Waals surface area contributed by atoms with Crippen molar-refractivity contribution in [3.05, 3.63) is 78.0 Å². The van der Waals surface area contributed by atoms with Crippen LogP contribution in [-0.2, 0) is 13.1 Å². The van der Waals surface area contributed by atoms with Gasteiger partial charge in [-0.15, -0.1) is 0 Å². The molecule has 0 saturated heterocycles. The standard InChI is InChI=1S/C20H24N6/c1-16-22-11-12-26(16)19-10-9-18(13-23-19)14-24-20(21-2)25(3)15-17-7-5-4-6-8-17/h4-13H,14-15H2,1-3H3,(H,21,24). The second-order valence-electron chi connectivity index (χ2n) is 6.11. The number of benzene rings is 1. The second kappa shape index (κ2) is 8.29. The molecule has 1 aromatic carbocycles. The molecule has 6 nitrogen and oxygen atoms in total. The van der Waals surface area contributed by atoms with E-state index in [2.05, 4.69) is 55.5 Å². The van der Waals surface area contributed by atoms with Crippen LogP contribution in [0.4, 0.5) is 0 Å². The molecule has 0 unspecified atom stereocenters. The van der Waals surface area contributed by atoms with Crippen LogP contribution in [0.5, 0.6) is 0 Å². The Morgan fingerprint density at radius 1 is 1.12 bits per heavy atom. The molecular weight excluding hydrogens is 324 g/mol. The lowest BCUT2D eigenvalue weighted by Crippen LogP contribution is -2.38. The minimum Gasteiger partial charge on any atom is -0.352 e. The van der Waals surface area contributed by atoms with Crippen molar-refractivity contribution in [2.24, 2.45) is 4.99 Å². The first kappa shape index (κ1) is 17.7. The number of nitrogens with zero attached hydrogens (tertiary/aromatic N) is 5. The predicted octanol–water partition coefficient (Wildman–Crippen LogP) is 2.78. The van der Waals surface area contributed by atoms with Crippen molar-refractivity contribution in [1.82, 2.24) is 24.8 Å². The Morgan fingerprint density at radius 2 is 1.92 bits per heavy atom. The molecule has 0 spiro atoms. The molecule has 3 aromatic rings. The summed E-state index contributed by atoms with van der Waals surface area (Å²) in [7, 11) is 3.83. The topological polar surface area (TPSA) is 58.3 Å². The highest BCUT2D eigenvalue weighted by Crippen LogP contribution is 2.08. The van der Waals surface area contributed by atoms with Gasteiger partial charge in [-0.3, -0.25) is 9.56 Å². The molecule has 0 fully saturated rings. The first-order valence-corrected chi connectivity index (χ1v) is 8.58. The van der Waals surface area contributed by atoms with E-state index in [4.69, 9.17) is 0 Å². The van der Waals surface area contributed by atoms with E-state index in [1.54, 1.807) is 13.2 Å². The number of hydrogen-bond acceptors (Lipinski definition) is 3. The van der Waals surface area contributed by atoms with Gasteiger partial charge in [0.25, 0.3) is 0 Å². The Labute approximate surface area is 154 Å². The molecule has 0 radical (unpaired) electrons. The van der Waals surface area contributed by atoms with Crippen LogP contribution >= 0.6 is 0 Å². The van der Waals surface area contributed by atoms with Crippen LogP contribution in [0.15, 0.2) is 66.0 Å². The van der Waals surface area contributed by atoms with E-state index in [0.29, 0.717) is 6.54 Å². The molecular formula is C20H24N6. The number of imidazole rings is 1. The molecule has 2 heterocycles. The molecule has 26 heavy (non-hydrogen) atoms. The SMILES string of the molecule is CN=C(NCc1ccc(-n2ccnc2C)nc1)N(C)Cc1ccccc1. The first-order chi connectivity index (χ1) is 12.7. The van der Waals surface area contributed by atoms with Crippen molar-refractivity contribution in [1.29, 1.82) is 0 Å². The Balaban J connectivity index is 1.59. The average Bonchev–Trinajstić information content (AvgIpc) is 3.09. The quantitative estimate of drug-likeness (QED) is 0.569. The zero-order chi connectivity index (χ0) is 18.4. The van der Waals surface area contributed by atoms with Crippen LogP contribution in [0.3, 0.4) is 0 Å². The molecule has 0 aliphatic rings. The van der Waals surface area contributed by atoms with Crippen molar-refractivity contribution in [3.8, 4) is 5.82 Å². The van der Waals surface area contributed by atoms with Crippen molar-refractivity contribution in [2.75, 3.05) is 14.1 Å². The molecule has 3 rings (SSSR count). The summed E-state index contributed by atoms with van der Waals surface area (Å²) in [4.78, 5) is 15.2. The van der Waals surface area contributed by atoms with Gasteiger partial charge in [-0.2, -0.15) is 0 Å². The molecule has 0 aliphatic heterocycles. The summed E-state index contributed by atoms with van der Waals surface area (Å²) in [5, 5.41) is 3.39. The number of aryl methyl sites for hydroxylation is 1. The summed E-state index contributed by atoms with van der Waals surface area (Å²) in [5.41, 5.74) is 2.35. The second-order valence-corrected chi connectivity index (χ2v) is 6.11. The number of aromatic nitrogens is 3. The fourth-order valence-electron chi connectivity index (χ4n) is 2.78. The van der Waals surface area contributed by atoms with E-state index >= 15 is 0 Å². The monoisotopic (exact) mass is 348 g/mol. The van der Waals surface area contributed by atoms with E-state index in [9.17, 15) is 0 Å². The van der Waals surface area contributed by atoms with Crippen LogP contribution in [0.25, 0.3) is 5.82 Å². The number of nitrogens with one attached hydrogen (secondary N) is 1. The van der Waals surface area contributed by atoms with Gasteiger partial charge < -0.3 is 10.2 Å². The number of hydrogen-bond donors (Lipinski definition) is 1. The summed E-state index contributed by atoms with van der Waals surface area (Å²) in [6, 6.07) is 14.4. The lowest BCUT2D eigenvalue weighted by atomic mass is 10.2. The molecule has 0 bridgehead atoms. The molecule has 6 heteroatoms. The fourth-order valence-corrected chi connectivity index (χ4v) is 2.78. The molecule has 1 N–H and O–H groups in total. The maximum atomic E-state index is 4.53. The Kier molecular flexibility index (Phi) is 5.63. The fraction of sp³-hybridized carbons (Fsp3) is 0.250. The first-order valence-electron chi connectivity index (χ1n) is 8.58. The molecule has 0 saturated carbocycles. The molecule has 2 aromatic heterocycles. The smallest absolute Gasteiger partial charge is 0.193 e. The van der Waals surface area contributed by atoms with Gasteiger partial charge in [0, 0.05) is 45.8 Å². The van der Waals surface area contributed by atoms with E-state index in [1.165, 1.54) is 5.56 Å². The minimum absolute atomic E-state index is 0.669. The van der Waals surface area contributed by atoms with Crippen molar-refractivity contribution in [3.63, 3.8) is 0 Å². The summed E-state index contributed by atoms with van der Waals surface area (Å²) >= 11 is 0. The van der Waals surface area contributed by atoms with Gasteiger partial charge in [0.2, 0.25) is 0 Å². The highest BCUT2D eigenvalue weighted by atomic mass is 15.3. The Bertz CT molecular complexity index is 852. The lowest BCUT2D eigenvalue weighted by Gasteiger charge is -2.22. The Morgan fingerprint density at radius 3 is 2.54 bits per heavy atom. The lowest BCUT2D eigenvalue weighted by molar-refractivity contribution is 0.476. The number of guanidine groups is 1. The van der Waals surface area contributed by atoms with Gasteiger partial charge in [0.05, 0.1) is 0 Å². The van der Waals surface area contributed by atoms with Gasteiger partial charge in [0.15, 0.2) is 5.96 Å². The summed E-state index contributed by atoms with van der Waals surface area (Å²) in [6.07, 6.45) is 5.57. The molecule has 0 atom stereocenters. The van der Waals surface area contributed by atoms with Gasteiger partial charge >= 0.3 is 0 Å². The predicted molar refractivity (Wildman–Crippen MR) is 104 cm³/mol. The third-order valence-electron chi connectivity index (χ3n) is 4.17. The molecule has 0 amide bonds. The van der Waals surface area contributed by atoms with Gasteiger partial charge in [-0.25, -0.2) is 9.97 Å². The minimum atomic E-state index is 0.669. The van der Waals surface area contributed by atoms with Crippen molar-refractivity contribution in [2.45, 2.75) is 20.0 Å². The zero-order valence-electron chi connectivity index (χ0n) is 15.4. The van der Waals surface area contributed by atoms with Gasteiger partial charge in [-0.05, 0) is 24.1 Å².